The molecule has 1 aromatic carbocycles. The fourth-order valence-corrected chi connectivity index (χ4v) is 3.73. The third kappa shape index (κ3) is 5.35. The van der Waals surface area contributed by atoms with Crippen LogP contribution in [0.3, 0.4) is 0 Å². The Balaban J connectivity index is 1.70. The second-order valence-electron chi connectivity index (χ2n) is 8.10. The Labute approximate surface area is 191 Å². The number of carbonyl (C=O) groups is 1. The number of hydrogen-bond donors (Lipinski definition) is 1. The van der Waals surface area contributed by atoms with E-state index in [1.165, 1.54) is 12.1 Å². The van der Waals surface area contributed by atoms with Gasteiger partial charge in [0.05, 0.1) is 36.4 Å². The molecular weight excluding hydrogens is 415 g/mol. The molecule has 0 aliphatic carbocycles. The number of piperidine rings is 1. The number of aromatic nitrogens is 1. The zero-order valence-electron chi connectivity index (χ0n) is 17.0. The molecule has 8 radical (unpaired) electrons. The van der Waals surface area contributed by atoms with Crippen LogP contribution < -0.4 is 5.32 Å². The molecule has 1 unspecified atom stereocenters. The van der Waals surface area contributed by atoms with Crippen molar-refractivity contribution in [2.75, 3.05) is 13.1 Å². The highest BCUT2D eigenvalue weighted by Gasteiger charge is 2.46. The van der Waals surface area contributed by atoms with Crippen molar-refractivity contribution in [3.63, 3.8) is 0 Å². The van der Waals surface area contributed by atoms with E-state index in [0.717, 1.165) is 16.5 Å². The normalized spacial score (nSPS) is 21.1. The summed E-state index contributed by atoms with van der Waals surface area (Å²) in [4.78, 5) is 18.1. The summed E-state index contributed by atoms with van der Waals surface area (Å²) in [6.45, 7) is 1.55. The van der Waals surface area contributed by atoms with Gasteiger partial charge in [-0.3, -0.25) is 9.78 Å². The number of halogens is 3. The van der Waals surface area contributed by atoms with E-state index in [2.05, 4.69) is 10.3 Å². The van der Waals surface area contributed by atoms with Crippen LogP contribution in [0.4, 0.5) is 8.78 Å². The molecule has 2 heterocycles. The molecule has 1 atom stereocenters. The molecule has 0 bridgehead atoms. The lowest BCUT2D eigenvalue weighted by Crippen LogP contribution is -2.63. The van der Waals surface area contributed by atoms with Crippen LogP contribution in [0.2, 0.25) is 5.02 Å². The Morgan fingerprint density at radius 1 is 1.32 bits per heavy atom. The molecule has 1 N–H and O–H groups in total. The van der Waals surface area contributed by atoms with Crippen LogP contribution in [0.15, 0.2) is 36.5 Å². The Bertz CT molecular complexity index is 977. The summed E-state index contributed by atoms with van der Waals surface area (Å²) < 4.78 is 29.0. The van der Waals surface area contributed by atoms with Crippen LogP contribution in [-0.4, -0.2) is 71.3 Å². The highest BCUT2D eigenvalue weighted by Crippen LogP contribution is 2.35. The quantitative estimate of drug-likeness (QED) is 0.733. The van der Waals surface area contributed by atoms with Crippen molar-refractivity contribution in [3.05, 3.63) is 64.2 Å². The summed E-state index contributed by atoms with van der Waals surface area (Å²) in [7, 11) is 24.4. The number of nitrogens with one attached hydrogen (secondary N) is 1. The Kier molecular flexibility index (Phi) is 6.64. The Hall–Kier alpha value is -1.79. The molecular formula is C20H18B4ClF2N3O. The molecule has 0 saturated carbocycles. The van der Waals surface area contributed by atoms with E-state index in [1.54, 1.807) is 18.3 Å². The monoisotopic (exact) mass is 433 g/mol. The van der Waals surface area contributed by atoms with Crippen LogP contribution in [0.25, 0.3) is 0 Å². The standard InChI is InChI=1S/C20H18B4ClF2N3O/c1-12-2-5-16(28-9-12)20(23,24)29-11-18(27)6-7-30(19(21,22)10-18)17(31)13-3-4-15(26)14(25)8-13/h2-5,8-9,29H,6-7,10-11H2,1H3. The number of aryl methyl sites for hydroxylation is 1. The molecule has 152 valence electrons. The van der Waals surface area contributed by atoms with E-state index in [9.17, 15) is 9.18 Å². The van der Waals surface area contributed by atoms with Gasteiger partial charge in [-0.25, -0.2) is 8.78 Å². The van der Waals surface area contributed by atoms with Gasteiger partial charge in [0, 0.05) is 37.0 Å². The van der Waals surface area contributed by atoms with E-state index < -0.39 is 28.1 Å². The zero-order valence-corrected chi connectivity index (χ0v) is 17.8. The first-order valence-electron chi connectivity index (χ1n) is 9.63. The first-order chi connectivity index (χ1) is 14.3. The fourth-order valence-electron chi connectivity index (χ4n) is 3.55. The third-order valence-corrected chi connectivity index (χ3v) is 5.62. The number of carbonyl (C=O) groups excluding carboxylic acids is 1. The van der Waals surface area contributed by atoms with Crippen molar-refractivity contribution in [1.82, 2.24) is 15.2 Å². The number of hydrogen-bond acceptors (Lipinski definition) is 3. The molecule has 1 aliphatic heterocycles. The first-order valence-corrected chi connectivity index (χ1v) is 10.0. The molecule has 4 nitrogen and oxygen atoms in total. The largest absolute Gasteiger partial charge is 0.350 e. The minimum absolute atomic E-state index is 0.0613. The number of likely N-dealkylation sites (tertiary alicyclic amines) is 1. The molecule has 11 heteroatoms. The molecule has 1 saturated heterocycles. The van der Waals surface area contributed by atoms with Gasteiger partial charge in [0.25, 0.3) is 5.91 Å². The summed E-state index contributed by atoms with van der Waals surface area (Å²) in [6, 6.07) is 6.96. The van der Waals surface area contributed by atoms with Gasteiger partial charge >= 0.3 is 0 Å². The van der Waals surface area contributed by atoms with Gasteiger partial charge < -0.3 is 10.2 Å². The summed E-state index contributed by atoms with van der Waals surface area (Å²) >= 11 is 5.75. The van der Waals surface area contributed by atoms with Gasteiger partial charge in [-0.05, 0) is 53.8 Å². The van der Waals surface area contributed by atoms with Crippen molar-refractivity contribution in [2.24, 2.45) is 0 Å². The zero-order chi connectivity index (χ0) is 23.0. The van der Waals surface area contributed by atoms with Crippen molar-refractivity contribution < 1.29 is 13.6 Å². The van der Waals surface area contributed by atoms with E-state index in [0.29, 0.717) is 5.69 Å². The Morgan fingerprint density at radius 3 is 2.61 bits per heavy atom. The highest BCUT2D eigenvalue weighted by molar-refractivity contribution is 6.41. The molecule has 2 aromatic rings. The fraction of sp³-hybridized carbons (Fsp3) is 0.400. The minimum Gasteiger partial charge on any atom is -0.350 e. The summed E-state index contributed by atoms with van der Waals surface area (Å²) in [6.07, 6.45) is 1.17. The van der Waals surface area contributed by atoms with E-state index in [4.69, 9.17) is 43.0 Å². The summed E-state index contributed by atoms with van der Waals surface area (Å²) in [5, 5.41) is -0.797. The third-order valence-electron chi connectivity index (χ3n) is 5.33. The number of benzene rings is 1. The van der Waals surface area contributed by atoms with Crippen LogP contribution in [0.5, 0.6) is 0 Å². The second-order valence-corrected chi connectivity index (χ2v) is 8.51. The van der Waals surface area contributed by atoms with Crippen LogP contribution in [0.1, 0.15) is 34.5 Å². The topological polar surface area (TPSA) is 45.2 Å². The Morgan fingerprint density at radius 2 is 2.03 bits per heavy atom. The lowest BCUT2D eigenvalue weighted by molar-refractivity contribution is 0.0245. The average molecular weight is 433 g/mol. The van der Waals surface area contributed by atoms with Crippen molar-refractivity contribution >= 4 is 48.9 Å². The molecule has 3 rings (SSSR count). The number of nitrogens with zero attached hydrogens (tertiary/aromatic N) is 2. The van der Waals surface area contributed by atoms with Gasteiger partial charge in [0.1, 0.15) is 11.5 Å². The van der Waals surface area contributed by atoms with Gasteiger partial charge in [-0.1, -0.05) is 17.7 Å². The van der Waals surface area contributed by atoms with Crippen LogP contribution in [-0.2, 0) is 5.34 Å². The lowest BCUT2D eigenvalue weighted by atomic mass is 9.54. The lowest BCUT2D eigenvalue weighted by Gasteiger charge is -2.50. The van der Waals surface area contributed by atoms with Gasteiger partial charge in [0.15, 0.2) is 0 Å². The summed E-state index contributed by atoms with van der Waals surface area (Å²) in [5.41, 5.74) is -0.508. The van der Waals surface area contributed by atoms with Crippen LogP contribution >= 0.6 is 11.6 Å². The predicted octanol–water partition coefficient (Wildman–Crippen LogP) is 1.85. The van der Waals surface area contributed by atoms with E-state index in [-0.39, 0.29) is 36.5 Å². The first kappa shape index (κ1) is 23.9. The molecule has 1 aromatic heterocycles. The predicted molar refractivity (Wildman–Crippen MR) is 120 cm³/mol. The molecule has 1 amide bonds. The number of rotatable bonds is 5. The highest BCUT2D eigenvalue weighted by atomic mass is 35.5. The van der Waals surface area contributed by atoms with Crippen molar-refractivity contribution in [1.29, 1.82) is 0 Å². The van der Waals surface area contributed by atoms with Crippen molar-refractivity contribution in [3.8, 4) is 0 Å². The smallest absolute Gasteiger partial charge is 0.253 e. The maximum Gasteiger partial charge on any atom is 0.253 e. The molecule has 0 spiro atoms. The second kappa shape index (κ2) is 8.62. The van der Waals surface area contributed by atoms with Gasteiger partial charge in [0.2, 0.25) is 0 Å². The summed E-state index contributed by atoms with van der Waals surface area (Å²) in [5.74, 6) is -1.23. The number of amides is 1. The number of pyridine rings is 1. The maximum absolute atomic E-state index is 15.6. The molecule has 1 aliphatic rings. The SMILES string of the molecule is [B]C([B])(NCC1(F)CCN(C(=O)c2ccc(F)c(Cl)c2)C([B])([B])C1)c1ccc(C)cn1. The van der Waals surface area contributed by atoms with Crippen molar-refractivity contribution in [2.45, 2.75) is 36.1 Å². The van der Waals surface area contributed by atoms with Gasteiger partial charge in [-0.15, -0.1) is 0 Å². The minimum atomic E-state index is -1.88. The van der Waals surface area contributed by atoms with E-state index >= 15 is 4.39 Å². The average Bonchev–Trinajstić information content (AvgIpc) is 2.68. The maximum atomic E-state index is 15.6. The van der Waals surface area contributed by atoms with Crippen LogP contribution in [0, 0.1) is 12.7 Å². The number of alkyl halides is 1. The van der Waals surface area contributed by atoms with Gasteiger partial charge in [-0.2, -0.15) is 0 Å². The van der Waals surface area contributed by atoms with E-state index in [1.807, 2.05) is 6.92 Å². The molecule has 31 heavy (non-hydrogen) atoms. The molecule has 1 fully saturated rings.